The smallest absolute Gasteiger partial charge is 0.226 e. The second-order valence-electron chi connectivity index (χ2n) is 7.86. The molecule has 0 bridgehead atoms. The molecule has 1 amide bonds. The summed E-state index contributed by atoms with van der Waals surface area (Å²) in [5.41, 5.74) is 3.23. The number of rotatable bonds is 5. The summed E-state index contributed by atoms with van der Waals surface area (Å²) in [7, 11) is 0. The normalized spacial score (nSPS) is 15.7. The minimum absolute atomic E-state index is 0.114. The summed E-state index contributed by atoms with van der Waals surface area (Å²) >= 11 is 0. The number of benzene rings is 1. The lowest BCUT2D eigenvalue weighted by molar-refractivity contribution is -0.125. The van der Waals surface area contributed by atoms with Crippen molar-refractivity contribution in [3.05, 3.63) is 29.5 Å². The summed E-state index contributed by atoms with van der Waals surface area (Å²) in [4.78, 5) is 24.0. The summed E-state index contributed by atoms with van der Waals surface area (Å²) in [6, 6.07) is 6.30. The minimum atomic E-state index is 0.114. The highest BCUT2D eigenvalue weighted by atomic mass is 16.1. The molecule has 1 aliphatic heterocycles. The molecule has 0 unspecified atom stereocenters. The summed E-state index contributed by atoms with van der Waals surface area (Å²) in [6.45, 7) is 10.9. The van der Waals surface area contributed by atoms with Crippen LogP contribution in [-0.2, 0) is 4.79 Å². The highest BCUT2D eigenvalue weighted by Gasteiger charge is 2.26. The van der Waals surface area contributed by atoms with Gasteiger partial charge in [-0.05, 0) is 51.2 Å². The summed E-state index contributed by atoms with van der Waals surface area (Å²) in [5.74, 6) is 1.73. The Balaban J connectivity index is 1.62. The van der Waals surface area contributed by atoms with Crippen molar-refractivity contribution < 1.29 is 4.79 Å². The maximum absolute atomic E-state index is 12.3. The highest BCUT2D eigenvalue weighted by Crippen LogP contribution is 2.24. The number of amides is 1. The first-order valence-corrected chi connectivity index (χ1v) is 9.71. The first-order chi connectivity index (χ1) is 12.4. The second-order valence-corrected chi connectivity index (χ2v) is 7.86. The fourth-order valence-corrected chi connectivity index (χ4v) is 3.49. The maximum Gasteiger partial charge on any atom is 0.226 e. The Hall–Kier alpha value is -2.17. The molecule has 1 aromatic carbocycles. The Morgan fingerprint density at radius 2 is 1.96 bits per heavy atom. The van der Waals surface area contributed by atoms with Crippen LogP contribution in [0.25, 0.3) is 10.9 Å². The van der Waals surface area contributed by atoms with Crippen LogP contribution in [0.1, 0.15) is 44.4 Å². The van der Waals surface area contributed by atoms with Crippen molar-refractivity contribution in [2.24, 2.45) is 11.8 Å². The number of nitrogens with zero attached hydrogens (tertiary/aromatic N) is 3. The van der Waals surface area contributed by atoms with E-state index in [9.17, 15) is 4.79 Å². The first kappa shape index (κ1) is 18.6. The van der Waals surface area contributed by atoms with Gasteiger partial charge in [-0.15, -0.1) is 0 Å². The van der Waals surface area contributed by atoms with Crippen LogP contribution in [0.15, 0.2) is 18.2 Å². The molecule has 140 valence electrons. The molecule has 2 heterocycles. The van der Waals surface area contributed by atoms with Gasteiger partial charge in [0.25, 0.3) is 0 Å². The van der Waals surface area contributed by atoms with E-state index in [1.165, 1.54) is 5.56 Å². The molecule has 1 N–H and O–H groups in total. The Bertz CT molecular complexity index is 779. The molecular weight excluding hydrogens is 324 g/mol. The van der Waals surface area contributed by atoms with Gasteiger partial charge in [0.2, 0.25) is 11.9 Å². The Labute approximate surface area is 156 Å². The molecule has 0 saturated carbocycles. The maximum atomic E-state index is 12.3. The number of aryl methyl sites for hydroxylation is 2. The van der Waals surface area contributed by atoms with E-state index in [0.29, 0.717) is 5.92 Å². The zero-order valence-corrected chi connectivity index (χ0v) is 16.4. The van der Waals surface area contributed by atoms with Crippen molar-refractivity contribution in [3.63, 3.8) is 0 Å². The predicted molar refractivity (Wildman–Crippen MR) is 106 cm³/mol. The van der Waals surface area contributed by atoms with Gasteiger partial charge in [-0.2, -0.15) is 0 Å². The molecule has 5 nitrogen and oxygen atoms in total. The van der Waals surface area contributed by atoms with Gasteiger partial charge in [0.15, 0.2) is 0 Å². The van der Waals surface area contributed by atoms with Crippen molar-refractivity contribution in [2.45, 2.75) is 47.0 Å². The number of piperidine rings is 1. The van der Waals surface area contributed by atoms with Crippen LogP contribution in [0, 0.1) is 25.7 Å². The Kier molecular flexibility index (Phi) is 5.74. The largest absolute Gasteiger partial charge is 0.356 e. The molecule has 0 aliphatic carbocycles. The molecule has 0 radical (unpaired) electrons. The lowest BCUT2D eigenvalue weighted by Crippen LogP contribution is -2.41. The van der Waals surface area contributed by atoms with Gasteiger partial charge in [-0.1, -0.05) is 25.5 Å². The van der Waals surface area contributed by atoms with E-state index in [-0.39, 0.29) is 11.8 Å². The lowest BCUT2D eigenvalue weighted by Gasteiger charge is -2.31. The number of fused-ring (bicyclic) bond motifs is 1. The Morgan fingerprint density at radius 1 is 1.23 bits per heavy atom. The zero-order chi connectivity index (χ0) is 18.7. The number of hydrogen-bond donors (Lipinski definition) is 1. The van der Waals surface area contributed by atoms with Gasteiger partial charge in [-0.25, -0.2) is 9.97 Å². The van der Waals surface area contributed by atoms with E-state index in [4.69, 9.17) is 9.97 Å². The third kappa shape index (κ3) is 4.32. The van der Waals surface area contributed by atoms with E-state index >= 15 is 0 Å². The van der Waals surface area contributed by atoms with Crippen molar-refractivity contribution >= 4 is 22.8 Å². The molecule has 1 aliphatic rings. The molecule has 1 fully saturated rings. The predicted octanol–water partition coefficient (Wildman–Crippen LogP) is 3.63. The Morgan fingerprint density at radius 3 is 2.65 bits per heavy atom. The summed E-state index contributed by atoms with van der Waals surface area (Å²) in [5, 5.41) is 4.21. The van der Waals surface area contributed by atoms with Crippen LogP contribution in [-0.4, -0.2) is 35.5 Å². The quantitative estimate of drug-likeness (QED) is 0.891. The van der Waals surface area contributed by atoms with Gasteiger partial charge in [0, 0.05) is 30.9 Å². The van der Waals surface area contributed by atoms with E-state index < -0.39 is 0 Å². The SMILES string of the molecule is Cc1ccc2nc(N3CCC(C(=O)NCCC(C)C)CC3)nc(C)c2c1. The van der Waals surface area contributed by atoms with Crippen LogP contribution in [0.2, 0.25) is 0 Å². The van der Waals surface area contributed by atoms with E-state index in [2.05, 4.69) is 49.2 Å². The van der Waals surface area contributed by atoms with Crippen LogP contribution < -0.4 is 10.2 Å². The third-order valence-corrected chi connectivity index (χ3v) is 5.20. The van der Waals surface area contributed by atoms with Crippen LogP contribution in [0.3, 0.4) is 0 Å². The molecule has 1 aromatic heterocycles. The van der Waals surface area contributed by atoms with Crippen molar-refractivity contribution in [3.8, 4) is 0 Å². The molecule has 2 aromatic rings. The standard InChI is InChI=1S/C21H30N4O/c1-14(2)7-10-22-20(26)17-8-11-25(12-9-17)21-23-16(4)18-13-15(3)5-6-19(18)24-21/h5-6,13-14,17H,7-12H2,1-4H3,(H,22,26). The highest BCUT2D eigenvalue weighted by molar-refractivity contribution is 5.82. The molecule has 0 spiro atoms. The average Bonchev–Trinajstić information content (AvgIpc) is 2.62. The molecule has 0 atom stereocenters. The number of anilines is 1. The minimum Gasteiger partial charge on any atom is -0.356 e. The number of carbonyl (C=O) groups is 1. The van der Waals surface area contributed by atoms with Gasteiger partial charge in [0.05, 0.1) is 11.2 Å². The fourth-order valence-electron chi connectivity index (χ4n) is 3.49. The van der Waals surface area contributed by atoms with Crippen molar-refractivity contribution in [2.75, 3.05) is 24.5 Å². The van der Waals surface area contributed by atoms with Crippen molar-refractivity contribution in [1.29, 1.82) is 0 Å². The monoisotopic (exact) mass is 354 g/mol. The zero-order valence-electron chi connectivity index (χ0n) is 16.4. The first-order valence-electron chi connectivity index (χ1n) is 9.71. The average molecular weight is 354 g/mol. The molecule has 5 heteroatoms. The van der Waals surface area contributed by atoms with Crippen LogP contribution in [0.4, 0.5) is 5.95 Å². The number of nitrogens with one attached hydrogen (secondary N) is 1. The van der Waals surface area contributed by atoms with Gasteiger partial charge >= 0.3 is 0 Å². The lowest BCUT2D eigenvalue weighted by atomic mass is 9.96. The molecule has 3 rings (SSSR count). The molecule has 26 heavy (non-hydrogen) atoms. The third-order valence-electron chi connectivity index (χ3n) is 5.20. The van der Waals surface area contributed by atoms with E-state index in [0.717, 1.165) is 61.4 Å². The number of hydrogen-bond acceptors (Lipinski definition) is 4. The van der Waals surface area contributed by atoms with Crippen LogP contribution >= 0.6 is 0 Å². The summed E-state index contributed by atoms with van der Waals surface area (Å²) in [6.07, 6.45) is 2.76. The van der Waals surface area contributed by atoms with Gasteiger partial charge in [0.1, 0.15) is 0 Å². The van der Waals surface area contributed by atoms with Gasteiger partial charge in [-0.3, -0.25) is 4.79 Å². The number of carbonyl (C=O) groups excluding carboxylic acids is 1. The molecular formula is C21H30N4O. The molecule has 1 saturated heterocycles. The van der Waals surface area contributed by atoms with Crippen molar-refractivity contribution in [1.82, 2.24) is 15.3 Å². The fraction of sp³-hybridized carbons (Fsp3) is 0.571. The van der Waals surface area contributed by atoms with E-state index in [1.54, 1.807) is 0 Å². The number of aromatic nitrogens is 2. The second kappa shape index (κ2) is 8.02. The van der Waals surface area contributed by atoms with Gasteiger partial charge < -0.3 is 10.2 Å². The van der Waals surface area contributed by atoms with E-state index in [1.807, 2.05) is 6.92 Å². The topological polar surface area (TPSA) is 58.1 Å². The van der Waals surface area contributed by atoms with Crippen LogP contribution in [0.5, 0.6) is 0 Å². The summed E-state index contributed by atoms with van der Waals surface area (Å²) < 4.78 is 0.